The van der Waals surface area contributed by atoms with Crippen LogP contribution in [0.5, 0.6) is 0 Å². The van der Waals surface area contributed by atoms with Gasteiger partial charge in [0, 0.05) is 49.7 Å². The lowest BCUT2D eigenvalue weighted by molar-refractivity contribution is -0.116. The van der Waals surface area contributed by atoms with E-state index in [1.54, 1.807) is 0 Å². The van der Waals surface area contributed by atoms with Crippen molar-refractivity contribution >= 4 is 17.6 Å². The topological polar surface area (TPSA) is 68.8 Å². The summed E-state index contributed by atoms with van der Waals surface area (Å²) in [4.78, 5) is 19.6. The van der Waals surface area contributed by atoms with Gasteiger partial charge in [-0.3, -0.25) is 14.7 Å². The van der Waals surface area contributed by atoms with Crippen LogP contribution in [-0.2, 0) is 17.8 Å². The first-order chi connectivity index (χ1) is 15.5. The maximum atomic E-state index is 12.1. The van der Waals surface area contributed by atoms with Crippen molar-refractivity contribution in [2.45, 2.75) is 51.6 Å². The molecule has 32 heavy (non-hydrogen) atoms. The predicted octanol–water partition coefficient (Wildman–Crippen LogP) is 3.50. The number of hydrogen-bond donors (Lipinski definition) is 3. The van der Waals surface area contributed by atoms with Crippen molar-refractivity contribution in [2.24, 2.45) is 4.99 Å². The van der Waals surface area contributed by atoms with Gasteiger partial charge in [-0.25, -0.2) is 0 Å². The average molecular weight is 434 g/mol. The number of hydrogen-bond acceptors (Lipinski definition) is 3. The normalized spacial score (nSPS) is 19.0. The molecular formula is C26H35N5O. The summed E-state index contributed by atoms with van der Waals surface area (Å²) in [6.45, 7) is 10.8. The van der Waals surface area contributed by atoms with Crippen molar-refractivity contribution in [3.63, 3.8) is 0 Å². The summed E-state index contributed by atoms with van der Waals surface area (Å²) in [5.41, 5.74) is 4.95. The lowest BCUT2D eigenvalue weighted by Gasteiger charge is -2.40. The number of anilines is 1. The molecular weight excluding hydrogens is 398 g/mol. The largest absolute Gasteiger partial charge is 0.357 e. The summed E-state index contributed by atoms with van der Waals surface area (Å²) in [6, 6.07) is 16.8. The lowest BCUT2D eigenvalue weighted by atomic mass is 9.90. The Morgan fingerprint density at radius 2 is 1.88 bits per heavy atom. The first-order valence-corrected chi connectivity index (χ1v) is 11.7. The van der Waals surface area contributed by atoms with E-state index in [1.165, 1.54) is 16.7 Å². The van der Waals surface area contributed by atoms with Crippen molar-refractivity contribution < 1.29 is 4.79 Å². The standard InChI is InChI=1S/C26H35N5O/c1-4-27-25(28-16-21-15-24(32)30-23-12-8-7-11-22(21)23)29-18-26(2,3)31-14-13-19-9-5-6-10-20(19)17-31/h5-12,21H,4,13-18H2,1-3H3,(H,30,32)(H2,27,28,29). The minimum Gasteiger partial charge on any atom is -0.357 e. The molecule has 0 fully saturated rings. The second kappa shape index (κ2) is 9.74. The third kappa shape index (κ3) is 5.13. The molecule has 2 aliphatic heterocycles. The van der Waals surface area contributed by atoms with Crippen molar-refractivity contribution in [1.29, 1.82) is 0 Å². The van der Waals surface area contributed by atoms with Gasteiger partial charge >= 0.3 is 0 Å². The van der Waals surface area contributed by atoms with Crippen LogP contribution < -0.4 is 16.0 Å². The fourth-order valence-electron chi connectivity index (χ4n) is 4.63. The van der Waals surface area contributed by atoms with Gasteiger partial charge in [0.15, 0.2) is 5.96 Å². The van der Waals surface area contributed by atoms with Crippen molar-refractivity contribution in [3.05, 3.63) is 65.2 Å². The number of para-hydroxylation sites is 1. The molecule has 1 amide bonds. The van der Waals surface area contributed by atoms with Crippen molar-refractivity contribution in [2.75, 3.05) is 31.5 Å². The van der Waals surface area contributed by atoms with Crippen LogP contribution in [-0.4, -0.2) is 48.5 Å². The van der Waals surface area contributed by atoms with E-state index in [0.29, 0.717) is 19.5 Å². The molecule has 0 saturated carbocycles. The number of carbonyl (C=O) groups excluding carboxylic acids is 1. The molecule has 2 aromatic rings. The smallest absolute Gasteiger partial charge is 0.225 e. The van der Waals surface area contributed by atoms with Gasteiger partial charge in [0.2, 0.25) is 5.91 Å². The summed E-state index contributed by atoms with van der Waals surface area (Å²) in [5, 5.41) is 9.82. The lowest BCUT2D eigenvalue weighted by Crippen LogP contribution is -2.49. The van der Waals surface area contributed by atoms with Crippen molar-refractivity contribution in [1.82, 2.24) is 15.5 Å². The predicted molar refractivity (Wildman–Crippen MR) is 131 cm³/mol. The maximum Gasteiger partial charge on any atom is 0.225 e. The highest BCUT2D eigenvalue weighted by atomic mass is 16.1. The Balaban J connectivity index is 1.40. The van der Waals surface area contributed by atoms with Crippen LogP contribution in [0.25, 0.3) is 0 Å². The number of nitrogens with zero attached hydrogens (tertiary/aromatic N) is 2. The first-order valence-electron chi connectivity index (χ1n) is 11.7. The minimum atomic E-state index is -0.0484. The number of rotatable bonds is 6. The third-order valence-electron chi connectivity index (χ3n) is 6.58. The van der Waals surface area contributed by atoms with E-state index in [2.05, 4.69) is 72.0 Å². The van der Waals surface area contributed by atoms with Crippen LogP contribution in [0.3, 0.4) is 0 Å². The van der Waals surface area contributed by atoms with E-state index in [-0.39, 0.29) is 17.4 Å². The summed E-state index contributed by atoms with van der Waals surface area (Å²) < 4.78 is 0. The highest BCUT2D eigenvalue weighted by molar-refractivity contribution is 5.94. The summed E-state index contributed by atoms with van der Waals surface area (Å²) >= 11 is 0. The van der Waals surface area contributed by atoms with Gasteiger partial charge in [-0.05, 0) is 49.9 Å². The zero-order valence-corrected chi connectivity index (χ0v) is 19.4. The van der Waals surface area contributed by atoms with E-state index < -0.39 is 0 Å². The fraction of sp³-hybridized carbons (Fsp3) is 0.462. The first kappa shape index (κ1) is 22.3. The van der Waals surface area contributed by atoms with Gasteiger partial charge in [0.25, 0.3) is 0 Å². The van der Waals surface area contributed by atoms with Gasteiger partial charge in [0.05, 0.1) is 6.54 Å². The Labute approximate surface area is 191 Å². The number of amides is 1. The Morgan fingerprint density at radius 3 is 2.69 bits per heavy atom. The molecule has 170 valence electrons. The number of fused-ring (bicyclic) bond motifs is 2. The van der Waals surface area contributed by atoms with E-state index in [1.807, 2.05) is 18.2 Å². The molecule has 0 bridgehead atoms. The highest BCUT2D eigenvalue weighted by Crippen LogP contribution is 2.31. The number of aliphatic imine (C=N–C) groups is 1. The van der Waals surface area contributed by atoms with Crippen LogP contribution in [0, 0.1) is 0 Å². The monoisotopic (exact) mass is 433 g/mol. The van der Waals surface area contributed by atoms with Crippen LogP contribution in [0.2, 0.25) is 0 Å². The second-order valence-corrected chi connectivity index (χ2v) is 9.37. The third-order valence-corrected chi connectivity index (χ3v) is 6.58. The average Bonchev–Trinajstić information content (AvgIpc) is 2.80. The molecule has 6 heteroatoms. The van der Waals surface area contributed by atoms with E-state index in [4.69, 9.17) is 4.99 Å². The number of benzene rings is 2. The molecule has 2 aromatic carbocycles. The van der Waals surface area contributed by atoms with Gasteiger partial charge < -0.3 is 16.0 Å². The summed E-state index contributed by atoms with van der Waals surface area (Å²) in [7, 11) is 0. The molecule has 2 aliphatic rings. The summed E-state index contributed by atoms with van der Waals surface area (Å²) in [6.07, 6.45) is 1.58. The highest BCUT2D eigenvalue weighted by Gasteiger charge is 2.30. The molecule has 1 atom stereocenters. The quantitative estimate of drug-likeness (QED) is 0.482. The van der Waals surface area contributed by atoms with Crippen molar-refractivity contribution in [3.8, 4) is 0 Å². The van der Waals surface area contributed by atoms with Crippen LogP contribution in [0.15, 0.2) is 53.5 Å². The van der Waals surface area contributed by atoms with E-state index in [0.717, 1.165) is 37.7 Å². The van der Waals surface area contributed by atoms with E-state index in [9.17, 15) is 4.79 Å². The fourth-order valence-corrected chi connectivity index (χ4v) is 4.63. The molecule has 0 radical (unpaired) electrons. The molecule has 0 aromatic heterocycles. The number of guanidine groups is 1. The minimum absolute atomic E-state index is 0.0484. The Hall–Kier alpha value is -2.86. The number of carbonyl (C=O) groups is 1. The van der Waals surface area contributed by atoms with Crippen LogP contribution >= 0.6 is 0 Å². The van der Waals surface area contributed by atoms with Gasteiger partial charge in [-0.15, -0.1) is 0 Å². The molecule has 3 N–H and O–H groups in total. The van der Waals surface area contributed by atoms with E-state index >= 15 is 0 Å². The van der Waals surface area contributed by atoms with Gasteiger partial charge in [-0.1, -0.05) is 42.5 Å². The second-order valence-electron chi connectivity index (χ2n) is 9.37. The molecule has 6 nitrogen and oxygen atoms in total. The Morgan fingerprint density at radius 1 is 1.12 bits per heavy atom. The van der Waals surface area contributed by atoms with Crippen LogP contribution in [0.1, 0.15) is 49.8 Å². The SMILES string of the molecule is CCNC(=NCC(C)(C)N1CCc2ccccc2C1)NCC1CC(=O)Nc2ccccc21. The molecule has 4 rings (SSSR count). The molecule has 1 unspecified atom stereocenters. The zero-order valence-electron chi connectivity index (χ0n) is 19.4. The Kier molecular flexibility index (Phi) is 6.80. The molecule has 0 spiro atoms. The maximum absolute atomic E-state index is 12.1. The molecule has 2 heterocycles. The Bertz CT molecular complexity index is 984. The molecule has 0 aliphatic carbocycles. The molecule has 0 saturated heterocycles. The van der Waals surface area contributed by atoms with Gasteiger partial charge in [-0.2, -0.15) is 0 Å². The zero-order chi connectivity index (χ0) is 22.6. The van der Waals surface area contributed by atoms with Gasteiger partial charge in [0.1, 0.15) is 0 Å². The summed E-state index contributed by atoms with van der Waals surface area (Å²) in [5.74, 6) is 1.01. The van der Waals surface area contributed by atoms with Crippen LogP contribution in [0.4, 0.5) is 5.69 Å². The number of nitrogens with one attached hydrogen (secondary N) is 3.